The molecule has 0 aromatic rings. The zero-order valence-corrected chi connectivity index (χ0v) is 9.74. The van der Waals surface area contributed by atoms with Crippen molar-refractivity contribution < 1.29 is 4.79 Å². The van der Waals surface area contributed by atoms with E-state index in [9.17, 15) is 4.79 Å². The van der Waals surface area contributed by atoms with Crippen molar-refractivity contribution in [3.8, 4) is 0 Å². The highest BCUT2D eigenvalue weighted by Gasteiger charge is 2.29. The molecule has 0 aromatic carbocycles. The highest BCUT2D eigenvalue weighted by Crippen LogP contribution is 2.37. The molecule has 0 saturated heterocycles. The van der Waals surface area contributed by atoms with E-state index in [4.69, 9.17) is 0 Å². The average Bonchev–Trinajstić information content (AvgIpc) is 3.08. The summed E-state index contributed by atoms with van der Waals surface area (Å²) in [5.74, 6) is 0.951. The standard InChI is InChI=1S/C14H19NO/c16-14-9-8-13(12-6-7-12)15(14)10-11-4-2-1-3-5-11/h8-9,11H,1-7,10H2. The number of nitrogens with zero attached hydrogens (tertiary/aromatic N) is 1. The van der Waals surface area contributed by atoms with Gasteiger partial charge in [0.1, 0.15) is 0 Å². The van der Waals surface area contributed by atoms with Gasteiger partial charge in [-0.25, -0.2) is 0 Å². The molecule has 2 saturated carbocycles. The van der Waals surface area contributed by atoms with E-state index in [2.05, 4.69) is 0 Å². The van der Waals surface area contributed by atoms with Gasteiger partial charge in [-0.1, -0.05) is 19.3 Å². The molecule has 1 heterocycles. The van der Waals surface area contributed by atoms with Crippen LogP contribution < -0.4 is 0 Å². The van der Waals surface area contributed by atoms with Crippen LogP contribution in [0.25, 0.3) is 0 Å². The summed E-state index contributed by atoms with van der Waals surface area (Å²) in [6.07, 6.45) is 12.9. The Morgan fingerprint density at radius 3 is 2.56 bits per heavy atom. The maximum Gasteiger partial charge on any atom is 0.251 e. The van der Waals surface area contributed by atoms with Crippen molar-refractivity contribution in [2.24, 2.45) is 5.92 Å². The maximum atomic E-state index is 11.8. The lowest BCUT2D eigenvalue weighted by molar-refractivity contribution is -0.123. The molecule has 0 bridgehead atoms. The third-order valence-corrected chi connectivity index (χ3v) is 3.97. The third kappa shape index (κ3) is 1.93. The molecule has 0 N–H and O–H groups in total. The minimum Gasteiger partial charge on any atom is -0.309 e. The molecular weight excluding hydrogens is 198 g/mol. The van der Waals surface area contributed by atoms with Crippen LogP contribution in [0.4, 0.5) is 0 Å². The van der Waals surface area contributed by atoms with E-state index in [0.717, 1.165) is 12.5 Å². The second kappa shape index (κ2) is 4.08. The first-order valence-electron chi connectivity index (χ1n) is 6.56. The van der Waals surface area contributed by atoms with E-state index in [1.807, 2.05) is 11.0 Å². The summed E-state index contributed by atoms with van der Waals surface area (Å²) in [6, 6.07) is 0. The summed E-state index contributed by atoms with van der Waals surface area (Å²) >= 11 is 0. The number of rotatable bonds is 2. The van der Waals surface area contributed by atoms with E-state index >= 15 is 0 Å². The first-order chi connectivity index (χ1) is 7.84. The van der Waals surface area contributed by atoms with E-state index in [0.29, 0.717) is 0 Å². The van der Waals surface area contributed by atoms with Crippen LogP contribution in [-0.4, -0.2) is 17.4 Å². The SMILES string of the molecule is O=C1C=CC(=C2CC2)N1CC1CCCCC1. The molecular formula is C14H19NO. The van der Waals surface area contributed by atoms with Crippen LogP contribution in [0.2, 0.25) is 0 Å². The quantitative estimate of drug-likeness (QED) is 0.696. The van der Waals surface area contributed by atoms with Gasteiger partial charge in [-0.3, -0.25) is 4.79 Å². The molecule has 86 valence electrons. The van der Waals surface area contributed by atoms with Crippen molar-refractivity contribution in [3.05, 3.63) is 23.4 Å². The molecule has 0 unspecified atom stereocenters. The molecule has 0 spiro atoms. The molecule has 16 heavy (non-hydrogen) atoms. The Morgan fingerprint density at radius 2 is 1.88 bits per heavy atom. The molecule has 0 radical (unpaired) electrons. The number of hydrogen-bond acceptors (Lipinski definition) is 1. The molecule has 0 atom stereocenters. The van der Waals surface area contributed by atoms with E-state index < -0.39 is 0 Å². The minimum atomic E-state index is 0.208. The van der Waals surface area contributed by atoms with Crippen LogP contribution >= 0.6 is 0 Å². The second-order valence-electron chi connectivity index (χ2n) is 5.28. The van der Waals surface area contributed by atoms with Crippen LogP contribution in [0, 0.1) is 5.92 Å². The summed E-state index contributed by atoms with van der Waals surface area (Å²) in [5.41, 5.74) is 2.72. The van der Waals surface area contributed by atoms with Gasteiger partial charge >= 0.3 is 0 Å². The van der Waals surface area contributed by atoms with Gasteiger partial charge in [-0.15, -0.1) is 0 Å². The Kier molecular flexibility index (Phi) is 2.58. The van der Waals surface area contributed by atoms with Gasteiger partial charge in [-0.05, 0) is 43.3 Å². The second-order valence-corrected chi connectivity index (χ2v) is 5.28. The number of amides is 1. The summed E-state index contributed by atoms with van der Waals surface area (Å²) < 4.78 is 0. The lowest BCUT2D eigenvalue weighted by atomic mass is 9.89. The minimum absolute atomic E-state index is 0.208. The Hall–Kier alpha value is -1.05. The van der Waals surface area contributed by atoms with Crippen molar-refractivity contribution in [3.63, 3.8) is 0 Å². The van der Waals surface area contributed by atoms with Crippen LogP contribution in [0.3, 0.4) is 0 Å². The summed E-state index contributed by atoms with van der Waals surface area (Å²) in [7, 11) is 0. The number of carbonyl (C=O) groups is 1. The van der Waals surface area contributed by atoms with Crippen LogP contribution in [0.5, 0.6) is 0 Å². The first-order valence-corrected chi connectivity index (χ1v) is 6.56. The van der Waals surface area contributed by atoms with E-state index in [-0.39, 0.29) is 5.91 Å². The van der Waals surface area contributed by atoms with Gasteiger partial charge in [0.05, 0.1) is 0 Å². The molecule has 0 aromatic heterocycles. The van der Waals surface area contributed by atoms with Gasteiger partial charge in [0, 0.05) is 18.3 Å². The van der Waals surface area contributed by atoms with Crippen LogP contribution in [0.15, 0.2) is 23.4 Å². The number of carbonyl (C=O) groups excluding carboxylic acids is 1. The predicted molar refractivity (Wildman–Crippen MR) is 63.7 cm³/mol. The predicted octanol–water partition coefficient (Wildman–Crippen LogP) is 3.01. The summed E-state index contributed by atoms with van der Waals surface area (Å²) in [5, 5.41) is 0. The highest BCUT2D eigenvalue weighted by molar-refractivity contribution is 5.93. The lowest BCUT2D eigenvalue weighted by Gasteiger charge is -2.27. The van der Waals surface area contributed by atoms with Gasteiger partial charge in [0.15, 0.2) is 0 Å². The fraction of sp³-hybridized carbons (Fsp3) is 0.643. The molecule has 3 rings (SSSR count). The normalized spacial score (nSPS) is 25.8. The molecule has 2 aliphatic carbocycles. The zero-order valence-electron chi connectivity index (χ0n) is 9.74. The van der Waals surface area contributed by atoms with Gasteiger partial charge in [-0.2, -0.15) is 0 Å². The average molecular weight is 217 g/mol. The molecule has 1 amide bonds. The van der Waals surface area contributed by atoms with Crippen LogP contribution in [-0.2, 0) is 4.79 Å². The van der Waals surface area contributed by atoms with Gasteiger partial charge in [0.2, 0.25) is 0 Å². The number of allylic oxidation sites excluding steroid dienone is 2. The lowest BCUT2D eigenvalue weighted by Crippen LogP contribution is -2.31. The Labute approximate surface area is 97.0 Å². The zero-order chi connectivity index (χ0) is 11.0. The van der Waals surface area contributed by atoms with Gasteiger partial charge < -0.3 is 4.90 Å². The van der Waals surface area contributed by atoms with Crippen LogP contribution in [0.1, 0.15) is 44.9 Å². The summed E-state index contributed by atoms with van der Waals surface area (Å²) in [6.45, 7) is 0.963. The highest BCUT2D eigenvalue weighted by atomic mass is 16.2. The fourth-order valence-electron chi connectivity index (χ4n) is 2.89. The van der Waals surface area contributed by atoms with Crippen molar-refractivity contribution in [2.45, 2.75) is 44.9 Å². The number of hydrogen-bond donors (Lipinski definition) is 0. The van der Waals surface area contributed by atoms with Crippen molar-refractivity contribution >= 4 is 5.91 Å². The van der Waals surface area contributed by atoms with Crippen molar-refractivity contribution in [2.75, 3.05) is 6.54 Å². The fourth-order valence-corrected chi connectivity index (χ4v) is 2.89. The molecule has 2 heteroatoms. The van der Waals surface area contributed by atoms with Crippen molar-refractivity contribution in [1.29, 1.82) is 0 Å². The van der Waals surface area contributed by atoms with Gasteiger partial charge in [0.25, 0.3) is 5.91 Å². The van der Waals surface area contributed by atoms with Crippen molar-refractivity contribution in [1.82, 2.24) is 4.90 Å². The summed E-state index contributed by atoms with van der Waals surface area (Å²) in [4.78, 5) is 13.8. The maximum absolute atomic E-state index is 11.8. The smallest absolute Gasteiger partial charge is 0.251 e. The topological polar surface area (TPSA) is 20.3 Å². The Morgan fingerprint density at radius 1 is 1.12 bits per heavy atom. The molecule has 2 nitrogen and oxygen atoms in total. The Balaban J connectivity index is 1.69. The van der Waals surface area contributed by atoms with E-state index in [1.54, 1.807) is 6.08 Å². The molecule has 1 aliphatic heterocycles. The largest absolute Gasteiger partial charge is 0.309 e. The molecule has 3 aliphatic rings. The molecule has 2 fully saturated rings. The third-order valence-electron chi connectivity index (χ3n) is 3.97. The van der Waals surface area contributed by atoms with E-state index in [1.165, 1.54) is 56.2 Å². The Bertz CT molecular complexity index is 355. The first kappa shape index (κ1) is 10.1. The monoisotopic (exact) mass is 217 g/mol.